The lowest BCUT2D eigenvalue weighted by Crippen LogP contribution is -2.12. The smallest absolute Gasteiger partial charge is 0.379 e. The van der Waals surface area contributed by atoms with Gasteiger partial charge in [0.25, 0.3) is 0 Å². The van der Waals surface area contributed by atoms with Gasteiger partial charge in [-0.1, -0.05) is 0 Å². The largest absolute Gasteiger partial charge is 0.493 e. The van der Waals surface area contributed by atoms with E-state index >= 15 is 0 Å². The van der Waals surface area contributed by atoms with Crippen LogP contribution in [-0.4, -0.2) is 25.2 Å². The molecule has 0 fully saturated rings. The molecule has 1 amide bonds. The quantitative estimate of drug-likeness (QED) is 0.395. The lowest BCUT2D eigenvalue weighted by Gasteiger charge is -2.08. The Kier molecular flexibility index (Phi) is 4.92. The molecule has 1 aromatic carbocycles. The number of ether oxygens (including phenoxy) is 2. The summed E-state index contributed by atoms with van der Waals surface area (Å²) in [7, 11) is 1.45. The van der Waals surface area contributed by atoms with E-state index in [0.29, 0.717) is 11.3 Å². The Bertz CT molecular complexity index is 692. The van der Waals surface area contributed by atoms with Crippen molar-refractivity contribution in [3.63, 3.8) is 0 Å². The number of amides is 1. The Hall–Kier alpha value is -3.09. The van der Waals surface area contributed by atoms with Crippen molar-refractivity contribution in [2.75, 3.05) is 7.11 Å². The number of methoxy groups -OCH3 is 1. The fourth-order valence-corrected chi connectivity index (χ4v) is 1.59. The van der Waals surface area contributed by atoms with Crippen LogP contribution in [0.15, 0.2) is 46.1 Å². The molecule has 1 heterocycles. The van der Waals surface area contributed by atoms with E-state index in [1.807, 2.05) is 0 Å². The highest BCUT2D eigenvalue weighted by atomic mass is 16.6. The van der Waals surface area contributed by atoms with Crippen molar-refractivity contribution in [3.8, 4) is 11.5 Å². The SMILES string of the molecule is COc1cc(C=NNC(C)=O)ccc1OC(=O)c1ccco1. The highest BCUT2D eigenvalue weighted by Crippen LogP contribution is 2.28. The first-order chi connectivity index (χ1) is 10.6. The first-order valence-corrected chi connectivity index (χ1v) is 6.33. The summed E-state index contributed by atoms with van der Waals surface area (Å²) in [5, 5.41) is 3.74. The van der Waals surface area contributed by atoms with Gasteiger partial charge in [-0.05, 0) is 35.9 Å². The van der Waals surface area contributed by atoms with Crippen LogP contribution < -0.4 is 14.9 Å². The molecule has 1 aromatic heterocycles. The molecule has 22 heavy (non-hydrogen) atoms. The van der Waals surface area contributed by atoms with Crippen LogP contribution in [0.3, 0.4) is 0 Å². The zero-order chi connectivity index (χ0) is 15.9. The minimum atomic E-state index is -0.622. The Labute approximate surface area is 126 Å². The molecule has 114 valence electrons. The fourth-order valence-electron chi connectivity index (χ4n) is 1.59. The molecule has 2 aromatic rings. The maximum Gasteiger partial charge on any atom is 0.379 e. The first-order valence-electron chi connectivity index (χ1n) is 6.33. The minimum absolute atomic E-state index is 0.0957. The van der Waals surface area contributed by atoms with E-state index in [9.17, 15) is 9.59 Å². The lowest BCUT2D eigenvalue weighted by atomic mass is 10.2. The van der Waals surface area contributed by atoms with E-state index in [-0.39, 0.29) is 17.4 Å². The second kappa shape index (κ2) is 7.07. The van der Waals surface area contributed by atoms with Crippen molar-refractivity contribution in [1.29, 1.82) is 0 Å². The summed E-state index contributed by atoms with van der Waals surface area (Å²) in [5.74, 6) is -0.194. The van der Waals surface area contributed by atoms with Gasteiger partial charge in [-0.3, -0.25) is 4.79 Å². The third kappa shape index (κ3) is 3.95. The molecule has 0 radical (unpaired) electrons. The van der Waals surface area contributed by atoms with Gasteiger partial charge in [0.1, 0.15) is 0 Å². The zero-order valence-electron chi connectivity index (χ0n) is 12.0. The Morgan fingerprint density at radius 2 is 2.09 bits per heavy atom. The summed E-state index contributed by atoms with van der Waals surface area (Å²) >= 11 is 0. The number of hydrogen-bond donors (Lipinski definition) is 1. The molecular formula is C15H14N2O5. The molecule has 2 rings (SSSR count). The van der Waals surface area contributed by atoms with E-state index in [4.69, 9.17) is 13.9 Å². The first kappa shape index (κ1) is 15.3. The molecule has 7 nitrogen and oxygen atoms in total. The zero-order valence-corrected chi connectivity index (χ0v) is 12.0. The number of carbonyl (C=O) groups is 2. The van der Waals surface area contributed by atoms with E-state index in [1.54, 1.807) is 24.3 Å². The molecule has 0 unspecified atom stereocenters. The second-order valence-electron chi connectivity index (χ2n) is 4.20. The van der Waals surface area contributed by atoms with Crippen LogP contribution in [-0.2, 0) is 4.79 Å². The summed E-state index contributed by atoms with van der Waals surface area (Å²) in [6.07, 6.45) is 2.83. The van der Waals surface area contributed by atoms with E-state index in [2.05, 4.69) is 10.5 Å². The molecular weight excluding hydrogens is 288 g/mol. The van der Waals surface area contributed by atoms with Gasteiger partial charge in [-0.15, -0.1) is 0 Å². The standard InChI is InChI=1S/C15H14N2O5/c1-10(18)17-16-9-11-5-6-12(14(8-11)20-2)22-15(19)13-4-3-7-21-13/h3-9H,1-2H3,(H,17,18). The molecule has 1 N–H and O–H groups in total. The van der Waals surface area contributed by atoms with Gasteiger partial charge in [0, 0.05) is 6.92 Å². The predicted octanol–water partition coefficient (Wildman–Crippen LogP) is 1.98. The molecule has 0 aliphatic rings. The summed E-state index contributed by atoms with van der Waals surface area (Å²) < 4.78 is 15.3. The molecule has 0 saturated heterocycles. The maximum absolute atomic E-state index is 11.8. The Morgan fingerprint density at radius 3 is 2.73 bits per heavy atom. The number of benzene rings is 1. The van der Waals surface area contributed by atoms with Crippen LogP contribution in [0.5, 0.6) is 11.5 Å². The van der Waals surface area contributed by atoms with Gasteiger partial charge in [0.05, 0.1) is 19.6 Å². The molecule has 0 bridgehead atoms. The number of furan rings is 1. The van der Waals surface area contributed by atoms with Crippen molar-refractivity contribution < 1.29 is 23.5 Å². The molecule has 0 atom stereocenters. The topological polar surface area (TPSA) is 90.1 Å². The average Bonchev–Trinajstić information content (AvgIpc) is 3.02. The van der Waals surface area contributed by atoms with Crippen LogP contribution in [0.2, 0.25) is 0 Å². The predicted molar refractivity (Wildman–Crippen MR) is 78.1 cm³/mol. The van der Waals surface area contributed by atoms with Gasteiger partial charge >= 0.3 is 5.97 Å². The van der Waals surface area contributed by atoms with Gasteiger partial charge < -0.3 is 13.9 Å². The Balaban J connectivity index is 2.14. The van der Waals surface area contributed by atoms with Crippen molar-refractivity contribution in [2.45, 2.75) is 6.92 Å². The molecule has 0 spiro atoms. The number of esters is 1. The summed E-state index contributed by atoms with van der Waals surface area (Å²) in [6, 6.07) is 7.95. The van der Waals surface area contributed by atoms with Crippen molar-refractivity contribution in [3.05, 3.63) is 47.9 Å². The van der Waals surface area contributed by atoms with Gasteiger partial charge in [0.2, 0.25) is 11.7 Å². The number of rotatable bonds is 5. The third-order valence-electron chi connectivity index (χ3n) is 2.55. The molecule has 0 aliphatic heterocycles. The fraction of sp³-hybridized carbons (Fsp3) is 0.133. The van der Waals surface area contributed by atoms with Crippen LogP contribution >= 0.6 is 0 Å². The Morgan fingerprint density at radius 1 is 1.27 bits per heavy atom. The molecule has 0 saturated carbocycles. The average molecular weight is 302 g/mol. The van der Waals surface area contributed by atoms with E-state index < -0.39 is 5.97 Å². The molecule has 0 aliphatic carbocycles. The number of nitrogens with one attached hydrogen (secondary N) is 1. The summed E-state index contributed by atoms with van der Waals surface area (Å²) in [4.78, 5) is 22.6. The van der Waals surface area contributed by atoms with Crippen molar-refractivity contribution in [1.82, 2.24) is 5.43 Å². The number of hydrazone groups is 1. The van der Waals surface area contributed by atoms with E-state index in [0.717, 1.165) is 0 Å². The highest BCUT2D eigenvalue weighted by Gasteiger charge is 2.14. The molecule has 7 heteroatoms. The minimum Gasteiger partial charge on any atom is -0.493 e. The van der Waals surface area contributed by atoms with Crippen molar-refractivity contribution >= 4 is 18.1 Å². The highest BCUT2D eigenvalue weighted by molar-refractivity contribution is 5.89. The van der Waals surface area contributed by atoms with Gasteiger partial charge in [-0.2, -0.15) is 5.10 Å². The van der Waals surface area contributed by atoms with Gasteiger partial charge in [0.15, 0.2) is 11.5 Å². The number of carbonyl (C=O) groups excluding carboxylic acids is 2. The van der Waals surface area contributed by atoms with Crippen molar-refractivity contribution in [2.24, 2.45) is 5.10 Å². The maximum atomic E-state index is 11.8. The second-order valence-corrected chi connectivity index (χ2v) is 4.20. The normalized spacial score (nSPS) is 10.5. The van der Waals surface area contributed by atoms with Crippen LogP contribution in [0.1, 0.15) is 23.0 Å². The van der Waals surface area contributed by atoms with E-state index in [1.165, 1.54) is 32.6 Å². The monoisotopic (exact) mass is 302 g/mol. The van der Waals surface area contributed by atoms with Crippen LogP contribution in [0, 0.1) is 0 Å². The van der Waals surface area contributed by atoms with Crippen LogP contribution in [0.4, 0.5) is 0 Å². The van der Waals surface area contributed by atoms with Crippen LogP contribution in [0.25, 0.3) is 0 Å². The third-order valence-corrected chi connectivity index (χ3v) is 2.55. The van der Waals surface area contributed by atoms with Gasteiger partial charge in [-0.25, -0.2) is 10.2 Å². The summed E-state index contributed by atoms with van der Waals surface area (Å²) in [6.45, 7) is 1.36. The summed E-state index contributed by atoms with van der Waals surface area (Å²) in [5.41, 5.74) is 2.96. The number of nitrogens with zero attached hydrogens (tertiary/aromatic N) is 1. The number of hydrogen-bond acceptors (Lipinski definition) is 6. The lowest BCUT2D eigenvalue weighted by molar-refractivity contribution is -0.118.